The molecule has 4 unspecified atom stereocenters. The van der Waals surface area contributed by atoms with Crippen molar-refractivity contribution in [3.8, 4) is 0 Å². The van der Waals surface area contributed by atoms with Crippen LogP contribution in [0.2, 0.25) is 0 Å². The standard InChI is InChI=1S/C21H27F2N5O4S/c1-33-21-27-19(24)16(25-13-7-12(23)11(22)6-10(13)9-2-3-9)20(28-21)26-14-8-15(32-5-4-29)18(31)17(14)30/h6-7,9,14-15,17-18,25,29-31H,2-5,8H2,1H3,(H3,24,26,27,28). The van der Waals surface area contributed by atoms with Gasteiger partial charge in [0.2, 0.25) is 0 Å². The Morgan fingerprint density at radius 1 is 1.18 bits per heavy atom. The first kappa shape index (κ1) is 23.9. The number of halogens is 2. The second-order valence-corrected chi connectivity index (χ2v) is 8.95. The van der Waals surface area contributed by atoms with Gasteiger partial charge in [0.25, 0.3) is 0 Å². The van der Waals surface area contributed by atoms with Crippen LogP contribution in [0.25, 0.3) is 0 Å². The average molecular weight is 484 g/mol. The first-order chi connectivity index (χ1) is 15.8. The van der Waals surface area contributed by atoms with Crippen LogP contribution < -0.4 is 16.4 Å². The van der Waals surface area contributed by atoms with Gasteiger partial charge in [-0.25, -0.2) is 18.7 Å². The van der Waals surface area contributed by atoms with Crippen LogP contribution in [0, 0.1) is 11.6 Å². The Balaban J connectivity index is 1.65. The lowest BCUT2D eigenvalue weighted by atomic mass is 10.1. The number of ether oxygens (including phenoxy) is 1. The van der Waals surface area contributed by atoms with Gasteiger partial charge in [0.05, 0.1) is 25.4 Å². The quantitative estimate of drug-likeness (QED) is 0.231. The van der Waals surface area contributed by atoms with Gasteiger partial charge in [-0.1, -0.05) is 11.8 Å². The number of hydrogen-bond donors (Lipinski definition) is 6. The Morgan fingerprint density at radius 3 is 2.58 bits per heavy atom. The fourth-order valence-corrected chi connectivity index (χ4v) is 4.36. The molecule has 4 atom stereocenters. The number of hydrogen-bond acceptors (Lipinski definition) is 10. The van der Waals surface area contributed by atoms with Crippen LogP contribution in [0.5, 0.6) is 0 Å². The van der Waals surface area contributed by atoms with E-state index in [0.29, 0.717) is 16.4 Å². The number of thioether (sulfide) groups is 1. The summed E-state index contributed by atoms with van der Waals surface area (Å²) in [6.45, 7) is -0.173. The molecule has 0 saturated heterocycles. The topological polar surface area (TPSA) is 146 Å². The van der Waals surface area contributed by atoms with Gasteiger partial charge in [-0.15, -0.1) is 0 Å². The highest BCUT2D eigenvalue weighted by Crippen LogP contribution is 2.45. The van der Waals surface area contributed by atoms with Crippen molar-refractivity contribution >= 4 is 34.8 Å². The molecule has 1 aromatic heterocycles. The summed E-state index contributed by atoms with van der Waals surface area (Å²) in [5, 5.41) is 36.3. The van der Waals surface area contributed by atoms with Gasteiger partial charge in [0.1, 0.15) is 17.9 Å². The van der Waals surface area contributed by atoms with Gasteiger partial charge in [0, 0.05) is 11.8 Å². The number of aliphatic hydroxyl groups is 3. The van der Waals surface area contributed by atoms with Gasteiger partial charge in [-0.05, 0) is 43.1 Å². The third-order valence-electron chi connectivity index (χ3n) is 5.84. The van der Waals surface area contributed by atoms with E-state index < -0.39 is 36.0 Å². The molecule has 7 N–H and O–H groups in total. The maximum Gasteiger partial charge on any atom is 0.191 e. The van der Waals surface area contributed by atoms with Crippen molar-refractivity contribution in [2.45, 2.75) is 54.7 Å². The van der Waals surface area contributed by atoms with Crippen molar-refractivity contribution in [3.05, 3.63) is 29.3 Å². The molecular weight excluding hydrogens is 456 g/mol. The zero-order chi connectivity index (χ0) is 23.7. The molecule has 0 amide bonds. The molecule has 1 heterocycles. The molecule has 0 radical (unpaired) electrons. The SMILES string of the molecule is CSc1nc(N)c(Nc2cc(F)c(F)cc2C2CC2)c(NC2CC(OCCO)C(O)C2O)n1. The minimum absolute atomic E-state index is 0.0329. The molecule has 12 heteroatoms. The number of nitrogen functional groups attached to an aromatic ring is 1. The Kier molecular flexibility index (Phi) is 7.19. The molecule has 0 aliphatic heterocycles. The van der Waals surface area contributed by atoms with Crippen LogP contribution in [0.4, 0.5) is 31.8 Å². The molecule has 2 aliphatic rings. The van der Waals surface area contributed by atoms with E-state index in [9.17, 15) is 19.0 Å². The van der Waals surface area contributed by atoms with E-state index in [-0.39, 0.29) is 42.9 Å². The van der Waals surface area contributed by atoms with Crippen molar-refractivity contribution in [2.75, 3.05) is 35.8 Å². The second kappa shape index (κ2) is 9.94. The highest BCUT2D eigenvalue weighted by Gasteiger charge is 2.42. The molecule has 2 aromatic rings. The van der Waals surface area contributed by atoms with Gasteiger partial charge in [-0.2, -0.15) is 0 Å². The monoisotopic (exact) mass is 483 g/mol. The Morgan fingerprint density at radius 2 is 1.91 bits per heavy atom. The highest BCUT2D eigenvalue weighted by atomic mass is 32.2. The smallest absolute Gasteiger partial charge is 0.191 e. The average Bonchev–Trinajstić information content (AvgIpc) is 3.60. The van der Waals surface area contributed by atoms with Crippen LogP contribution in [0.15, 0.2) is 17.3 Å². The summed E-state index contributed by atoms with van der Waals surface area (Å²) >= 11 is 1.26. The number of benzene rings is 1. The Hall–Kier alpha value is -2.25. The van der Waals surface area contributed by atoms with E-state index >= 15 is 0 Å². The van der Waals surface area contributed by atoms with E-state index in [1.807, 2.05) is 0 Å². The van der Waals surface area contributed by atoms with Crippen molar-refractivity contribution in [1.29, 1.82) is 0 Å². The van der Waals surface area contributed by atoms with Crippen LogP contribution in [0.3, 0.4) is 0 Å². The van der Waals surface area contributed by atoms with E-state index in [0.717, 1.165) is 18.9 Å². The van der Waals surface area contributed by atoms with E-state index in [4.69, 9.17) is 15.6 Å². The van der Waals surface area contributed by atoms with Crippen LogP contribution in [-0.4, -0.2) is 69.1 Å². The lowest BCUT2D eigenvalue weighted by Crippen LogP contribution is -2.36. The van der Waals surface area contributed by atoms with Crippen LogP contribution >= 0.6 is 11.8 Å². The number of aromatic nitrogens is 2. The predicted molar refractivity (Wildman–Crippen MR) is 121 cm³/mol. The van der Waals surface area contributed by atoms with Gasteiger partial charge < -0.3 is 36.4 Å². The zero-order valence-corrected chi connectivity index (χ0v) is 18.8. The molecule has 33 heavy (non-hydrogen) atoms. The van der Waals surface area contributed by atoms with E-state index in [1.54, 1.807) is 6.26 Å². The maximum atomic E-state index is 14.0. The zero-order valence-electron chi connectivity index (χ0n) is 18.0. The fourth-order valence-electron chi connectivity index (χ4n) is 3.99. The molecule has 1 aromatic carbocycles. The predicted octanol–water partition coefficient (Wildman–Crippen LogP) is 1.96. The van der Waals surface area contributed by atoms with Gasteiger partial charge in [-0.3, -0.25) is 0 Å². The lowest BCUT2D eigenvalue weighted by molar-refractivity contribution is -0.0612. The van der Waals surface area contributed by atoms with Crippen LogP contribution in [-0.2, 0) is 4.74 Å². The lowest BCUT2D eigenvalue weighted by Gasteiger charge is -2.22. The molecule has 2 aliphatic carbocycles. The van der Waals surface area contributed by atoms with Crippen molar-refractivity contribution in [1.82, 2.24) is 9.97 Å². The molecule has 2 saturated carbocycles. The number of nitrogens with zero attached hydrogens (tertiary/aromatic N) is 2. The minimum Gasteiger partial charge on any atom is -0.394 e. The summed E-state index contributed by atoms with van der Waals surface area (Å²) in [6, 6.07) is 1.64. The third-order valence-corrected chi connectivity index (χ3v) is 6.39. The Labute approximate surface area is 193 Å². The third kappa shape index (κ3) is 5.14. The van der Waals surface area contributed by atoms with E-state index in [2.05, 4.69) is 20.6 Å². The van der Waals surface area contributed by atoms with Gasteiger partial charge >= 0.3 is 0 Å². The number of rotatable bonds is 9. The summed E-state index contributed by atoms with van der Waals surface area (Å²) in [6.07, 6.45) is 0.788. The maximum absolute atomic E-state index is 14.0. The van der Waals surface area contributed by atoms with Gasteiger partial charge in [0.15, 0.2) is 28.4 Å². The van der Waals surface area contributed by atoms with Crippen molar-refractivity contribution < 1.29 is 28.8 Å². The molecule has 0 spiro atoms. The number of anilines is 4. The van der Waals surface area contributed by atoms with Crippen molar-refractivity contribution in [3.63, 3.8) is 0 Å². The summed E-state index contributed by atoms with van der Waals surface area (Å²) in [5.41, 5.74) is 7.44. The van der Waals surface area contributed by atoms with Crippen molar-refractivity contribution in [2.24, 2.45) is 0 Å². The molecule has 180 valence electrons. The molecule has 9 nitrogen and oxygen atoms in total. The summed E-state index contributed by atoms with van der Waals surface area (Å²) < 4.78 is 33.3. The number of aliphatic hydroxyl groups excluding tert-OH is 3. The largest absolute Gasteiger partial charge is 0.394 e. The molecule has 2 fully saturated rings. The first-order valence-electron chi connectivity index (χ1n) is 10.6. The number of nitrogens with one attached hydrogen (secondary N) is 2. The fraction of sp³-hybridized carbons (Fsp3) is 0.524. The molecule has 0 bridgehead atoms. The summed E-state index contributed by atoms with van der Waals surface area (Å²) in [7, 11) is 0. The normalized spacial score (nSPS) is 24.8. The number of nitrogens with two attached hydrogens (primary N) is 1. The van der Waals surface area contributed by atoms with E-state index in [1.165, 1.54) is 17.8 Å². The minimum atomic E-state index is -1.17. The molecule has 4 rings (SSSR count). The highest BCUT2D eigenvalue weighted by molar-refractivity contribution is 7.98. The first-order valence-corrected chi connectivity index (χ1v) is 11.9. The molecular formula is C21H27F2N5O4S. The summed E-state index contributed by atoms with van der Waals surface area (Å²) in [5.74, 6) is -1.45. The second-order valence-electron chi connectivity index (χ2n) is 8.17. The summed E-state index contributed by atoms with van der Waals surface area (Å²) in [4.78, 5) is 8.68. The van der Waals surface area contributed by atoms with Crippen LogP contribution in [0.1, 0.15) is 30.7 Å². The Bertz CT molecular complexity index is 1010.